The van der Waals surface area contributed by atoms with E-state index >= 15 is 0 Å². The Bertz CT molecular complexity index is 913. The van der Waals surface area contributed by atoms with Gasteiger partial charge in [-0.2, -0.15) is 0 Å². The molecule has 0 bridgehead atoms. The fourth-order valence-corrected chi connectivity index (χ4v) is 3.95. The van der Waals surface area contributed by atoms with Gasteiger partial charge in [0.1, 0.15) is 0 Å². The maximum Gasteiger partial charge on any atom is 0.0181 e. The highest BCUT2D eigenvalue weighted by atomic mass is 79.9. The second-order valence-electron chi connectivity index (χ2n) is 6.72. The molecule has 0 radical (unpaired) electrons. The molecule has 0 spiro atoms. The highest BCUT2D eigenvalue weighted by molar-refractivity contribution is 9.10. The standard InChI is InChI=1S/C23H22BrN/c24-23-7-3-6-22(17-23)20-11-14-25(15-12-20)13-10-18-8-9-19-4-1-2-5-21(19)16-18/h1-9,11,16-17H,10,12-15H2. The molecule has 1 nitrogen and oxygen atoms in total. The van der Waals surface area contributed by atoms with Crippen molar-refractivity contribution in [1.82, 2.24) is 4.90 Å². The summed E-state index contributed by atoms with van der Waals surface area (Å²) in [6.07, 6.45) is 4.64. The molecule has 0 atom stereocenters. The second kappa shape index (κ2) is 7.55. The van der Waals surface area contributed by atoms with E-state index in [0.29, 0.717) is 0 Å². The van der Waals surface area contributed by atoms with E-state index in [1.807, 2.05) is 0 Å². The van der Waals surface area contributed by atoms with Crippen LogP contribution in [0.25, 0.3) is 16.3 Å². The lowest BCUT2D eigenvalue weighted by atomic mass is 9.99. The van der Waals surface area contributed by atoms with Gasteiger partial charge in [-0.1, -0.05) is 76.6 Å². The van der Waals surface area contributed by atoms with Crippen LogP contribution >= 0.6 is 15.9 Å². The lowest BCUT2D eigenvalue weighted by Crippen LogP contribution is -2.30. The number of hydrogen-bond donors (Lipinski definition) is 0. The smallest absolute Gasteiger partial charge is 0.0181 e. The van der Waals surface area contributed by atoms with Gasteiger partial charge < -0.3 is 0 Å². The first-order valence-electron chi connectivity index (χ1n) is 8.93. The van der Waals surface area contributed by atoms with Crippen LogP contribution in [-0.4, -0.2) is 24.5 Å². The van der Waals surface area contributed by atoms with Crippen molar-refractivity contribution in [1.29, 1.82) is 0 Å². The summed E-state index contributed by atoms with van der Waals surface area (Å²) in [5.41, 5.74) is 4.26. The molecule has 3 aromatic carbocycles. The van der Waals surface area contributed by atoms with Gasteiger partial charge in [0.2, 0.25) is 0 Å². The molecule has 3 aromatic rings. The number of hydrogen-bond acceptors (Lipinski definition) is 1. The first kappa shape index (κ1) is 16.6. The molecule has 2 heteroatoms. The Kier molecular flexibility index (Phi) is 5.00. The molecular weight excluding hydrogens is 370 g/mol. The van der Waals surface area contributed by atoms with Gasteiger partial charge in [0.05, 0.1) is 0 Å². The Morgan fingerprint density at radius 1 is 0.880 bits per heavy atom. The minimum absolute atomic E-state index is 1.05. The van der Waals surface area contributed by atoms with Crippen LogP contribution in [0, 0.1) is 0 Å². The summed E-state index contributed by atoms with van der Waals surface area (Å²) < 4.78 is 1.16. The Labute approximate surface area is 158 Å². The number of halogens is 1. The van der Waals surface area contributed by atoms with Gasteiger partial charge in [0.25, 0.3) is 0 Å². The third-order valence-electron chi connectivity index (χ3n) is 5.02. The first-order chi connectivity index (χ1) is 12.3. The summed E-state index contributed by atoms with van der Waals surface area (Å²) in [5.74, 6) is 0. The van der Waals surface area contributed by atoms with E-state index < -0.39 is 0 Å². The average Bonchev–Trinajstić information content (AvgIpc) is 2.66. The van der Waals surface area contributed by atoms with E-state index in [4.69, 9.17) is 0 Å². The Balaban J connectivity index is 1.38. The third-order valence-corrected chi connectivity index (χ3v) is 5.51. The van der Waals surface area contributed by atoms with Gasteiger partial charge in [-0.05, 0) is 52.4 Å². The molecular formula is C23H22BrN. The van der Waals surface area contributed by atoms with E-state index in [-0.39, 0.29) is 0 Å². The predicted octanol–water partition coefficient (Wildman–Crippen LogP) is 5.93. The minimum atomic E-state index is 1.05. The zero-order chi connectivity index (χ0) is 17.1. The van der Waals surface area contributed by atoms with E-state index in [1.165, 1.54) is 27.5 Å². The van der Waals surface area contributed by atoms with Gasteiger partial charge in [-0.3, -0.25) is 4.90 Å². The van der Waals surface area contributed by atoms with Crippen molar-refractivity contribution in [2.24, 2.45) is 0 Å². The molecule has 0 fully saturated rings. The van der Waals surface area contributed by atoms with Crippen LogP contribution in [0.4, 0.5) is 0 Å². The highest BCUT2D eigenvalue weighted by Crippen LogP contribution is 2.25. The molecule has 0 saturated heterocycles. The largest absolute Gasteiger partial charge is 0.299 e. The van der Waals surface area contributed by atoms with Crippen LogP contribution in [-0.2, 0) is 6.42 Å². The van der Waals surface area contributed by atoms with Crippen molar-refractivity contribution in [2.75, 3.05) is 19.6 Å². The molecule has 0 aromatic heterocycles. The van der Waals surface area contributed by atoms with Gasteiger partial charge in [-0.15, -0.1) is 0 Å². The van der Waals surface area contributed by atoms with Crippen LogP contribution in [0.15, 0.2) is 77.3 Å². The summed E-state index contributed by atoms with van der Waals surface area (Å²) in [5, 5.41) is 2.67. The van der Waals surface area contributed by atoms with Crippen molar-refractivity contribution in [2.45, 2.75) is 12.8 Å². The molecule has 0 unspecified atom stereocenters. The number of benzene rings is 3. The Morgan fingerprint density at radius 3 is 2.56 bits per heavy atom. The molecule has 0 saturated carbocycles. The van der Waals surface area contributed by atoms with E-state index in [2.05, 4.69) is 93.6 Å². The molecule has 0 amide bonds. The van der Waals surface area contributed by atoms with Crippen LogP contribution in [0.2, 0.25) is 0 Å². The lowest BCUT2D eigenvalue weighted by molar-refractivity contribution is 0.306. The summed E-state index contributed by atoms with van der Waals surface area (Å²) in [6, 6.07) is 24.1. The molecule has 1 heterocycles. The van der Waals surface area contributed by atoms with Crippen molar-refractivity contribution < 1.29 is 0 Å². The zero-order valence-electron chi connectivity index (χ0n) is 14.3. The van der Waals surface area contributed by atoms with Crippen LogP contribution < -0.4 is 0 Å². The molecule has 0 N–H and O–H groups in total. The fourth-order valence-electron chi connectivity index (χ4n) is 3.55. The SMILES string of the molecule is Brc1cccc(C2=CCN(CCc3ccc4ccccc4c3)CC2)c1. The van der Waals surface area contributed by atoms with E-state index in [0.717, 1.165) is 36.9 Å². The number of rotatable bonds is 4. The lowest BCUT2D eigenvalue weighted by Gasteiger charge is -2.26. The summed E-state index contributed by atoms with van der Waals surface area (Å²) in [7, 11) is 0. The summed E-state index contributed by atoms with van der Waals surface area (Å²) >= 11 is 3.57. The second-order valence-corrected chi connectivity index (χ2v) is 7.64. The van der Waals surface area contributed by atoms with Gasteiger partial charge >= 0.3 is 0 Å². The monoisotopic (exact) mass is 391 g/mol. The van der Waals surface area contributed by atoms with Crippen LogP contribution in [0.1, 0.15) is 17.5 Å². The maximum atomic E-state index is 3.57. The first-order valence-corrected chi connectivity index (χ1v) is 9.72. The molecule has 1 aliphatic heterocycles. The van der Waals surface area contributed by atoms with Crippen molar-refractivity contribution in [3.05, 3.63) is 88.4 Å². The van der Waals surface area contributed by atoms with E-state index in [9.17, 15) is 0 Å². The van der Waals surface area contributed by atoms with Gasteiger partial charge in [0.15, 0.2) is 0 Å². The molecule has 126 valence electrons. The summed E-state index contributed by atoms with van der Waals surface area (Å²) in [4.78, 5) is 2.55. The normalized spacial score (nSPS) is 15.3. The zero-order valence-corrected chi connectivity index (χ0v) is 15.9. The maximum absolute atomic E-state index is 3.57. The van der Waals surface area contributed by atoms with Crippen molar-refractivity contribution in [3.63, 3.8) is 0 Å². The van der Waals surface area contributed by atoms with Crippen LogP contribution in [0.5, 0.6) is 0 Å². The average molecular weight is 392 g/mol. The van der Waals surface area contributed by atoms with Gasteiger partial charge in [0, 0.05) is 24.1 Å². The number of fused-ring (bicyclic) bond motifs is 1. The fraction of sp³-hybridized carbons (Fsp3) is 0.217. The van der Waals surface area contributed by atoms with Crippen molar-refractivity contribution >= 4 is 32.3 Å². The molecule has 0 aliphatic carbocycles. The Morgan fingerprint density at radius 2 is 1.76 bits per heavy atom. The molecule has 4 rings (SSSR count). The van der Waals surface area contributed by atoms with Crippen LogP contribution in [0.3, 0.4) is 0 Å². The summed E-state index contributed by atoms with van der Waals surface area (Å²) in [6.45, 7) is 3.32. The predicted molar refractivity (Wildman–Crippen MR) is 111 cm³/mol. The minimum Gasteiger partial charge on any atom is -0.299 e. The molecule has 25 heavy (non-hydrogen) atoms. The Hall–Kier alpha value is -1.90. The van der Waals surface area contributed by atoms with Gasteiger partial charge in [-0.25, -0.2) is 0 Å². The number of nitrogens with zero attached hydrogens (tertiary/aromatic N) is 1. The third kappa shape index (κ3) is 4.02. The highest BCUT2D eigenvalue weighted by Gasteiger charge is 2.13. The van der Waals surface area contributed by atoms with E-state index in [1.54, 1.807) is 0 Å². The van der Waals surface area contributed by atoms with Crippen molar-refractivity contribution in [3.8, 4) is 0 Å². The topological polar surface area (TPSA) is 3.24 Å². The molecule has 1 aliphatic rings. The quantitative estimate of drug-likeness (QED) is 0.532.